The number of anilines is 3. The normalized spacial score (nSPS) is 10.2. The van der Waals surface area contributed by atoms with Crippen LogP contribution in [0.5, 0.6) is 11.5 Å². The molecule has 144 valence electrons. The van der Waals surface area contributed by atoms with Crippen molar-refractivity contribution in [1.82, 2.24) is 9.97 Å². The van der Waals surface area contributed by atoms with Crippen LogP contribution in [0.3, 0.4) is 0 Å². The topological polar surface area (TPSA) is 76.6 Å². The zero-order chi connectivity index (χ0) is 19.9. The largest absolute Gasteiger partial charge is 0.493 e. The summed E-state index contributed by atoms with van der Waals surface area (Å²) in [5, 5.41) is 3.14. The van der Waals surface area contributed by atoms with Gasteiger partial charge in [-0.3, -0.25) is 4.79 Å². The third kappa shape index (κ3) is 4.20. The summed E-state index contributed by atoms with van der Waals surface area (Å²) in [6, 6.07) is 14.9. The number of nitrogens with zero attached hydrogens (tertiary/aromatic N) is 3. The van der Waals surface area contributed by atoms with Gasteiger partial charge in [0, 0.05) is 24.0 Å². The Hall–Kier alpha value is -3.61. The second-order valence-electron chi connectivity index (χ2n) is 5.87. The van der Waals surface area contributed by atoms with E-state index < -0.39 is 0 Å². The van der Waals surface area contributed by atoms with E-state index in [-0.39, 0.29) is 11.6 Å². The molecule has 3 aromatic rings. The number of ether oxygens (including phenoxy) is 2. The minimum Gasteiger partial charge on any atom is -0.493 e. The molecule has 28 heavy (non-hydrogen) atoms. The molecule has 0 bridgehead atoms. The molecule has 0 spiro atoms. The number of benzene rings is 2. The van der Waals surface area contributed by atoms with Crippen LogP contribution < -0.4 is 19.7 Å². The number of nitrogens with one attached hydrogen (secondary N) is 1. The summed E-state index contributed by atoms with van der Waals surface area (Å²) in [6.45, 7) is 2.46. The maximum absolute atomic E-state index is 12.8. The smallest absolute Gasteiger partial charge is 0.278 e. The van der Waals surface area contributed by atoms with Gasteiger partial charge < -0.3 is 19.7 Å². The van der Waals surface area contributed by atoms with Gasteiger partial charge in [-0.1, -0.05) is 18.2 Å². The maximum Gasteiger partial charge on any atom is 0.278 e. The summed E-state index contributed by atoms with van der Waals surface area (Å²) in [5.41, 5.74) is 1.87. The summed E-state index contributed by atoms with van der Waals surface area (Å²) in [6.07, 6.45) is 3.00. The first-order chi connectivity index (χ1) is 13.7. The van der Waals surface area contributed by atoms with E-state index in [1.165, 1.54) is 12.4 Å². The number of carbonyl (C=O) groups is 1. The van der Waals surface area contributed by atoms with Crippen LogP contribution in [0.4, 0.5) is 17.2 Å². The van der Waals surface area contributed by atoms with Crippen LogP contribution in [0.2, 0.25) is 0 Å². The van der Waals surface area contributed by atoms with E-state index in [1.54, 1.807) is 31.3 Å². The van der Waals surface area contributed by atoms with E-state index in [9.17, 15) is 4.79 Å². The quantitative estimate of drug-likeness (QED) is 0.672. The first-order valence-corrected chi connectivity index (χ1v) is 8.84. The zero-order valence-electron chi connectivity index (χ0n) is 16.0. The highest BCUT2D eigenvalue weighted by atomic mass is 16.5. The Bertz CT molecular complexity index is 930. The molecule has 3 rings (SSSR count). The van der Waals surface area contributed by atoms with Gasteiger partial charge in [0.1, 0.15) is 11.5 Å². The maximum atomic E-state index is 12.8. The SMILES string of the molecule is CCN(C(=O)c1cnc(Nc2ccc(OC)c(OC)c2)cn1)c1ccccc1. The van der Waals surface area contributed by atoms with Crippen LogP contribution in [0.1, 0.15) is 17.4 Å². The molecule has 1 heterocycles. The fraction of sp³-hybridized carbons (Fsp3) is 0.190. The first kappa shape index (κ1) is 19.2. The van der Waals surface area contributed by atoms with Crippen molar-refractivity contribution in [3.63, 3.8) is 0 Å². The minimum absolute atomic E-state index is 0.195. The van der Waals surface area contributed by atoms with Crippen LogP contribution in [0.15, 0.2) is 60.9 Å². The number of methoxy groups -OCH3 is 2. The molecule has 0 aliphatic carbocycles. The number of para-hydroxylation sites is 1. The number of amides is 1. The van der Waals surface area contributed by atoms with Crippen LogP contribution in [-0.4, -0.2) is 36.6 Å². The third-order valence-corrected chi connectivity index (χ3v) is 4.16. The van der Waals surface area contributed by atoms with E-state index in [0.29, 0.717) is 23.9 Å². The van der Waals surface area contributed by atoms with Crippen LogP contribution >= 0.6 is 0 Å². The number of hydrogen-bond acceptors (Lipinski definition) is 6. The lowest BCUT2D eigenvalue weighted by molar-refractivity contribution is 0.0983. The summed E-state index contributed by atoms with van der Waals surface area (Å²) < 4.78 is 10.5. The van der Waals surface area contributed by atoms with Crippen molar-refractivity contribution in [3.05, 3.63) is 66.6 Å². The van der Waals surface area contributed by atoms with Gasteiger partial charge in [-0.2, -0.15) is 0 Å². The fourth-order valence-electron chi connectivity index (χ4n) is 2.75. The van der Waals surface area contributed by atoms with E-state index >= 15 is 0 Å². The highest BCUT2D eigenvalue weighted by Crippen LogP contribution is 2.30. The highest BCUT2D eigenvalue weighted by molar-refractivity contribution is 6.04. The standard InChI is InChI=1S/C21H22N4O3/c1-4-25(16-8-6-5-7-9-16)21(26)17-13-23-20(14-22-17)24-15-10-11-18(27-2)19(12-15)28-3/h5-14H,4H2,1-3H3,(H,23,24). The molecule has 0 radical (unpaired) electrons. The Kier molecular flexibility index (Phi) is 6.06. The number of aromatic nitrogens is 2. The second kappa shape index (κ2) is 8.85. The molecule has 0 saturated heterocycles. The predicted molar refractivity (Wildman–Crippen MR) is 109 cm³/mol. The van der Waals surface area contributed by atoms with Gasteiger partial charge in [0.2, 0.25) is 0 Å². The second-order valence-corrected chi connectivity index (χ2v) is 5.87. The van der Waals surface area contributed by atoms with Crippen molar-refractivity contribution in [2.45, 2.75) is 6.92 Å². The van der Waals surface area contributed by atoms with Gasteiger partial charge in [0.05, 0.1) is 26.6 Å². The van der Waals surface area contributed by atoms with E-state index in [0.717, 1.165) is 11.4 Å². The third-order valence-electron chi connectivity index (χ3n) is 4.16. The Labute approximate surface area is 164 Å². The number of hydrogen-bond donors (Lipinski definition) is 1. The van der Waals surface area contributed by atoms with Gasteiger partial charge in [-0.05, 0) is 31.2 Å². The molecule has 1 amide bonds. The van der Waals surface area contributed by atoms with Crippen molar-refractivity contribution in [1.29, 1.82) is 0 Å². The molecule has 0 fully saturated rings. The molecular formula is C21H22N4O3. The lowest BCUT2D eigenvalue weighted by Gasteiger charge is -2.20. The summed E-state index contributed by atoms with van der Waals surface area (Å²) >= 11 is 0. The molecular weight excluding hydrogens is 356 g/mol. The Morgan fingerprint density at radius 3 is 2.36 bits per heavy atom. The fourth-order valence-corrected chi connectivity index (χ4v) is 2.75. The van der Waals surface area contributed by atoms with E-state index in [1.807, 2.05) is 43.3 Å². The highest BCUT2D eigenvalue weighted by Gasteiger charge is 2.17. The summed E-state index contributed by atoms with van der Waals surface area (Å²) in [5.74, 6) is 1.57. The van der Waals surface area contributed by atoms with E-state index in [2.05, 4.69) is 15.3 Å². The molecule has 0 aliphatic heterocycles. The van der Waals surface area contributed by atoms with Crippen LogP contribution in [0.25, 0.3) is 0 Å². The first-order valence-electron chi connectivity index (χ1n) is 8.84. The number of carbonyl (C=O) groups excluding carboxylic acids is 1. The van der Waals surface area contributed by atoms with Gasteiger partial charge in [-0.25, -0.2) is 9.97 Å². The van der Waals surface area contributed by atoms with Gasteiger partial charge in [-0.15, -0.1) is 0 Å². The summed E-state index contributed by atoms with van der Waals surface area (Å²) in [4.78, 5) is 23.0. The monoisotopic (exact) mass is 378 g/mol. The van der Waals surface area contributed by atoms with Gasteiger partial charge in [0.25, 0.3) is 5.91 Å². The Morgan fingerprint density at radius 1 is 1.00 bits per heavy atom. The molecule has 0 aliphatic rings. The molecule has 0 saturated carbocycles. The molecule has 2 aromatic carbocycles. The molecule has 7 heteroatoms. The lowest BCUT2D eigenvalue weighted by Crippen LogP contribution is -2.31. The molecule has 7 nitrogen and oxygen atoms in total. The predicted octanol–water partition coefficient (Wildman–Crippen LogP) is 3.90. The van der Waals surface area contributed by atoms with Gasteiger partial charge >= 0.3 is 0 Å². The molecule has 0 atom stereocenters. The minimum atomic E-state index is -0.195. The molecule has 1 aromatic heterocycles. The average Bonchev–Trinajstić information content (AvgIpc) is 2.75. The van der Waals surface area contributed by atoms with E-state index in [4.69, 9.17) is 9.47 Å². The van der Waals surface area contributed by atoms with Crippen molar-refractivity contribution >= 4 is 23.1 Å². The number of rotatable bonds is 7. The summed E-state index contributed by atoms with van der Waals surface area (Å²) in [7, 11) is 3.16. The van der Waals surface area contributed by atoms with Crippen molar-refractivity contribution in [3.8, 4) is 11.5 Å². The molecule has 0 unspecified atom stereocenters. The molecule has 1 N–H and O–H groups in total. The lowest BCUT2D eigenvalue weighted by atomic mass is 10.2. The van der Waals surface area contributed by atoms with Crippen molar-refractivity contribution in [2.75, 3.05) is 31.0 Å². The van der Waals surface area contributed by atoms with Crippen molar-refractivity contribution in [2.24, 2.45) is 0 Å². The van der Waals surface area contributed by atoms with Crippen LogP contribution in [-0.2, 0) is 0 Å². The Morgan fingerprint density at radius 2 is 1.75 bits per heavy atom. The van der Waals surface area contributed by atoms with Crippen LogP contribution in [0, 0.1) is 0 Å². The van der Waals surface area contributed by atoms with Crippen molar-refractivity contribution < 1.29 is 14.3 Å². The average molecular weight is 378 g/mol. The Balaban J connectivity index is 1.75. The zero-order valence-corrected chi connectivity index (χ0v) is 16.0. The van der Waals surface area contributed by atoms with Gasteiger partial charge in [0.15, 0.2) is 11.5 Å².